The second-order valence-electron chi connectivity index (χ2n) is 5.72. The standard InChI is InChI=1S/C14H20N2O3/c1-14(2)8-4-5-13(14)15-10-6-7-11(16(17)18)12(9-10)19-3/h6-7,9,13,15H,4-5,8H2,1-3H3. The SMILES string of the molecule is COc1cc(NC2CCCC2(C)C)ccc1[N+](=O)[O-]. The topological polar surface area (TPSA) is 64.4 Å². The maximum absolute atomic E-state index is 10.8. The lowest BCUT2D eigenvalue weighted by Gasteiger charge is -2.28. The van der Waals surface area contributed by atoms with Crippen molar-refractivity contribution in [1.29, 1.82) is 0 Å². The van der Waals surface area contributed by atoms with Crippen molar-refractivity contribution in [1.82, 2.24) is 0 Å². The Balaban J connectivity index is 2.20. The van der Waals surface area contributed by atoms with Gasteiger partial charge in [-0.1, -0.05) is 20.3 Å². The first-order chi connectivity index (χ1) is 8.94. The summed E-state index contributed by atoms with van der Waals surface area (Å²) >= 11 is 0. The Kier molecular flexibility index (Phi) is 3.64. The summed E-state index contributed by atoms with van der Waals surface area (Å²) in [6.07, 6.45) is 3.55. The lowest BCUT2D eigenvalue weighted by atomic mass is 9.87. The van der Waals surface area contributed by atoms with E-state index in [2.05, 4.69) is 19.2 Å². The third kappa shape index (κ3) is 2.80. The monoisotopic (exact) mass is 264 g/mol. The number of nitrogens with one attached hydrogen (secondary N) is 1. The first-order valence-corrected chi connectivity index (χ1v) is 6.53. The lowest BCUT2D eigenvalue weighted by molar-refractivity contribution is -0.385. The van der Waals surface area contributed by atoms with Crippen molar-refractivity contribution in [2.75, 3.05) is 12.4 Å². The zero-order valence-electron chi connectivity index (χ0n) is 11.6. The van der Waals surface area contributed by atoms with Crippen molar-refractivity contribution in [3.8, 4) is 5.75 Å². The largest absolute Gasteiger partial charge is 0.490 e. The number of hydrogen-bond acceptors (Lipinski definition) is 4. The van der Waals surface area contributed by atoms with Gasteiger partial charge in [0.15, 0.2) is 5.75 Å². The Morgan fingerprint density at radius 2 is 2.21 bits per heavy atom. The molecular formula is C14H20N2O3. The molecule has 1 fully saturated rings. The summed E-state index contributed by atoms with van der Waals surface area (Å²) in [5, 5.41) is 14.3. The van der Waals surface area contributed by atoms with E-state index >= 15 is 0 Å². The first kappa shape index (κ1) is 13.6. The maximum Gasteiger partial charge on any atom is 0.311 e. The fraction of sp³-hybridized carbons (Fsp3) is 0.571. The van der Waals surface area contributed by atoms with Crippen LogP contribution in [0.25, 0.3) is 0 Å². The highest BCUT2D eigenvalue weighted by Gasteiger charge is 2.34. The molecule has 0 heterocycles. The molecule has 1 saturated carbocycles. The van der Waals surface area contributed by atoms with Crippen LogP contribution in [-0.4, -0.2) is 18.1 Å². The smallest absolute Gasteiger partial charge is 0.311 e. The molecule has 1 unspecified atom stereocenters. The highest BCUT2D eigenvalue weighted by molar-refractivity contribution is 5.58. The van der Waals surface area contributed by atoms with Gasteiger partial charge in [0, 0.05) is 23.9 Å². The van der Waals surface area contributed by atoms with Crippen LogP contribution in [0, 0.1) is 15.5 Å². The Bertz CT molecular complexity index is 486. The summed E-state index contributed by atoms with van der Waals surface area (Å²) in [5.74, 6) is 0.297. The van der Waals surface area contributed by atoms with E-state index in [0.29, 0.717) is 11.8 Å². The highest BCUT2D eigenvalue weighted by Crippen LogP contribution is 2.40. The van der Waals surface area contributed by atoms with E-state index in [1.165, 1.54) is 26.0 Å². The summed E-state index contributed by atoms with van der Waals surface area (Å²) in [5.41, 5.74) is 1.14. The van der Waals surface area contributed by atoms with E-state index in [9.17, 15) is 10.1 Å². The number of nitro benzene ring substituents is 1. The molecule has 0 spiro atoms. The Hall–Kier alpha value is -1.78. The van der Waals surface area contributed by atoms with Crippen molar-refractivity contribution in [2.45, 2.75) is 39.2 Å². The van der Waals surface area contributed by atoms with E-state index in [1.54, 1.807) is 12.1 Å². The lowest BCUT2D eigenvalue weighted by Crippen LogP contribution is -2.30. The number of hydrogen-bond donors (Lipinski definition) is 1. The number of nitro groups is 1. The molecule has 5 heteroatoms. The van der Waals surface area contributed by atoms with Crippen LogP contribution >= 0.6 is 0 Å². The van der Waals surface area contributed by atoms with Crippen LogP contribution in [0.5, 0.6) is 5.75 Å². The maximum atomic E-state index is 10.8. The molecule has 0 aliphatic heterocycles. The molecule has 1 aromatic carbocycles. The normalized spacial score (nSPS) is 21.1. The van der Waals surface area contributed by atoms with E-state index in [-0.39, 0.29) is 11.1 Å². The second-order valence-corrected chi connectivity index (χ2v) is 5.72. The van der Waals surface area contributed by atoms with Gasteiger partial charge in [-0.05, 0) is 24.3 Å². The minimum Gasteiger partial charge on any atom is -0.490 e. The highest BCUT2D eigenvalue weighted by atomic mass is 16.6. The van der Waals surface area contributed by atoms with Gasteiger partial charge >= 0.3 is 5.69 Å². The van der Waals surface area contributed by atoms with Crippen LogP contribution in [0.1, 0.15) is 33.1 Å². The second kappa shape index (κ2) is 5.07. The van der Waals surface area contributed by atoms with E-state index in [4.69, 9.17) is 4.74 Å². The average molecular weight is 264 g/mol. The quantitative estimate of drug-likeness (QED) is 0.666. The van der Waals surface area contributed by atoms with Gasteiger partial charge in [0.1, 0.15) is 0 Å². The van der Waals surface area contributed by atoms with Gasteiger partial charge in [-0.2, -0.15) is 0 Å². The molecule has 0 bridgehead atoms. The summed E-state index contributed by atoms with van der Waals surface area (Å²) in [4.78, 5) is 10.4. The van der Waals surface area contributed by atoms with Crippen molar-refractivity contribution >= 4 is 11.4 Å². The van der Waals surface area contributed by atoms with Crippen LogP contribution < -0.4 is 10.1 Å². The number of anilines is 1. The van der Waals surface area contributed by atoms with Crippen LogP contribution in [0.3, 0.4) is 0 Å². The molecule has 1 atom stereocenters. The molecule has 19 heavy (non-hydrogen) atoms. The number of rotatable bonds is 4. The molecule has 1 aliphatic rings. The van der Waals surface area contributed by atoms with E-state index in [0.717, 1.165) is 12.1 Å². The predicted octanol–water partition coefficient (Wildman–Crippen LogP) is 3.59. The van der Waals surface area contributed by atoms with E-state index in [1.807, 2.05) is 0 Å². The zero-order chi connectivity index (χ0) is 14.0. The van der Waals surface area contributed by atoms with Crippen molar-refractivity contribution in [3.63, 3.8) is 0 Å². The summed E-state index contributed by atoms with van der Waals surface area (Å²) < 4.78 is 5.08. The van der Waals surface area contributed by atoms with Gasteiger partial charge in [-0.3, -0.25) is 10.1 Å². The average Bonchev–Trinajstić information content (AvgIpc) is 2.68. The number of methoxy groups -OCH3 is 1. The Morgan fingerprint density at radius 1 is 1.47 bits per heavy atom. The van der Waals surface area contributed by atoms with Crippen molar-refractivity contribution in [2.24, 2.45) is 5.41 Å². The van der Waals surface area contributed by atoms with Crippen molar-refractivity contribution in [3.05, 3.63) is 28.3 Å². The molecule has 2 rings (SSSR count). The van der Waals surface area contributed by atoms with Crippen LogP contribution in [-0.2, 0) is 0 Å². The minimum atomic E-state index is -0.428. The summed E-state index contributed by atoms with van der Waals surface area (Å²) in [6.45, 7) is 4.50. The fourth-order valence-corrected chi connectivity index (χ4v) is 2.71. The molecule has 0 radical (unpaired) electrons. The van der Waals surface area contributed by atoms with Crippen LogP contribution in [0.4, 0.5) is 11.4 Å². The van der Waals surface area contributed by atoms with E-state index < -0.39 is 4.92 Å². The molecule has 1 N–H and O–H groups in total. The van der Waals surface area contributed by atoms with Gasteiger partial charge in [0.2, 0.25) is 0 Å². The minimum absolute atomic E-state index is 0.00117. The van der Waals surface area contributed by atoms with Gasteiger partial charge in [0.05, 0.1) is 12.0 Å². The summed E-state index contributed by atoms with van der Waals surface area (Å²) in [7, 11) is 1.45. The molecule has 5 nitrogen and oxygen atoms in total. The first-order valence-electron chi connectivity index (χ1n) is 6.53. The molecule has 104 valence electrons. The molecule has 1 aliphatic carbocycles. The van der Waals surface area contributed by atoms with Gasteiger partial charge in [-0.15, -0.1) is 0 Å². The molecule has 0 saturated heterocycles. The predicted molar refractivity (Wildman–Crippen MR) is 74.7 cm³/mol. The van der Waals surface area contributed by atoms with Crippen molar-refractivity contribution < 1.29 is 9.66 Å². The molecule has 0 aromatic heterocycles. The van der Waals surface area contributed by atoms with Crippen LogP contribution in [0.15, 0.2) is 18.2 Å². The third-order valence-corrected chi connectivity index (χ3v) is 3.97. The third-order valence-electron chi connectivity index (χ3n) is 3.97. The van der Waals surface area contributed by atoms with Gasteiger partial charge in [-0.25, -0.2) is 0 Å². The van der Waals surface area contributed by atoms with Crippen LogP contribution in [0.2, 0.25) is 0 Å². The Morgan fingerprint density at radius 3 is 2.74 bits per heavy atom. The summed E-state index contributed by atoms with van der Waals surface area (Å²) in [6, 6.07) is 5.34. The Labute approximate surface area is 113 Å². The van der Waals surface area contributed by atoms with Gasteiger partial charge < -0.3 is 10.1 Å². The van der Waals surface area contributed by atoms with Gasteiger partial charge in [0.25, 0.3) is 0 Å². The zero-order valence-corrected chi connectivity index (χ0v) is 11.6. The number of nitrogens with zero attached hydrogens (tertiary/aromatic N) is 1. The number of ether oxygens (including phenoxy) is 1. The molecule has 1 aromatic rings. The molecule has 0 amide bonds. The fourth-order valence-electron chi connectivity index (χ4n) is 2.71. The molecular weight excluding hydrogens is 244 g/mol. The number of benzene rings is 1.